The smallest absolute Gasteiger partial charge is 0.387 e. The van der Waals surface area contributed by atoms with Crippen molar-refractivity contribution in [3.05, 3.63) is 53.6 Å². The van der Waals surface area contributed by atoms with Gasteiger partial charge in [-0.25, -0.2) is 4.79 Å². The fraction of sp³-hybridized carbons (Fsp3) is 0.318. The van der Waals surface area contributed by atoms with Crippen LogP contribution in [0.2, 0.25) is 0 Å². The first-order chi connectivity index (χ1) is 15.3. The van der Waals surface area contributed by atoms with Crippen LogP contribution in [0.4, 0.5) is 14.5 Å². The van der Waals surface area contributed by atoms with E-state index in [1.54, 1.807) is 29.2 Å². The van der Waals surface area contributed by atoms with Crippen molar-refractivity contribution in [2.45, 2.75) is 20.5 Å². The highest BCUT2D eigenvalue weighted by molar-refractivity contribution is 5.98. The van der Waals surface area contributed by atoms with Gasteiger partial charge in [-0.1, -0.05) is 6.07 Å². The lowest BCUT2D eigenvalue weighted by molar-refractivity contribution is -0.119. The van der Waals surface area contributed by atoms with Crippen molar-refractivity contribution in [3.63, 3.8) is 0 Å². The van der Waals surface area contributed by atoms with E-state index in [1.165, 1.54) is 25.3 Å². The summed E-state index contributed by atoms with van der Waals surface area (Å²) in [6.45, 7) is 1.08. The first kappa shape index (κ1) is 24.6. The fourth-order valence-corrected chi connectivity index (χ4v) is 2.84. The van der Waals surface area contributed by atoms with Crippen molar-refractivity contribution in [2.75, 3.05) is 32.1 Å². The fourth-order valence-electron chi connectivity index (χ4n) is 2.84. The van der Waals surface area contributed by atoms with Crippen LogP contribution in [0.5, 0.6) is 11.5 Å². The van der Waals surface area contributed by atoms with Gasteiger partial charge in [0.05, 0.1) is 7.11 Å². The van der Waals surface area contributed by atoms with E-state index in [9.17, 15) is 23.2 Å². The summed E-state index contributed by atoms with van der Waals surface area (Å²) in [5.74, 6) is -2.37. The van der Waals surface area contributed by atoms with Crippen molar-refractivity contribution in [1.82, 2.24) is 4.90 Å². The van der Waals surface area contributed by atoms with E-state index in [1.807, 2.05) is 13.8 Å². The van der Waals surface area contributed by atoms with Crippen molar-refractivity contribution in [1.29, 1.82) is 0 Å². The zero-order valence-corrected chi connectivity index (χ0v) is 17.9. The number of para-hydroxylation sites is 1. The summed E-state index contributed by atoms with van der Waals surface area (Å²) >= 11 is 0. The minimum Gasteiger partial charge on any atom is -0.493 e. The molecule has 172 valence electrons. The summed E-state index contributed by atoms with van der Waals surface area (Å²) in [5, 5.41) is 2.52. The van der Waals surface area contributed by atoms with Gasteiger partial charge >= 0.3 is 12.6 Å². The maximum Gasteiger partial charge on any atom is 0.387 e. The molecule has 0 aromatic heterocycles. The Bertz CT molecular complexity index is 946. The number of halogens is 2. The van der Waals surface area contributed by atoms with Gasteiger partial charge in [-0.2, -0.15) is 8.78 Å². The second-order valence-electron chi connectivity index (χ2n) is 6.39. The minimum atomic E-state index is -3.18. The highest BCUT2D eigenvalue weighted by Crippen LogP contribution is 2.32. The molecule has 2 aromatic rings. The molecule has 0 saturated carbocycles. The number of benzene rings is 2. The van der Waals surface area contributed by atoms with Gasteiger partial charge in [-0.3, -0.25) is 9.59 Å². The zero-order valence-electron chi connectivity index (χ0n) is 17.9. The normalized spacial score (nSPS) is 10.4. The number of methoxy groups -OCH3 is 1. The number of amides is 2. The minimum absolute atomic E-state index is 0.0800. The maximum absolute atomic E-state index is 12.7. The Labute approximate surface area is 184 Å². The van der Waals surface area contributed by atoms with E-state index >= 15 is 0 Å². The van der Waals surface area contributed by atoms with Gasteiger partial charge in [0.2, 0.25) is 0 Å². The number of esters is 1. The lowest BCUT2D eigenvalue weighted by Gasteiger charge is -2.18. The highest BCUT2D eigenvalue weighted by Gasteiger charge is 2.22. The average Bonchev–Trinajstić information content (AvgIpc) is 2.78. The summed E-state index contributed by atoms with van der Waals surface area (Å²) in [4.78, 5) is 38.4. The molecule has 2 amide bonds. The number of carbonyl (C=O) groups is 3. The van der Waals surface area contributed by atoms with Crippen LogP contribution in [-0.2, 0) is 9.53 Å². The monoisotopic (exact) mass is 450 g/mol. The number of carbonyl (C=O) groups excluding carboxylic acids is 3. The van der Waals surface area contributed by atoms with Gasteiger partial charge in [-0.15, -0.1) is 0 Å². The number of hydrogen-bond acceptors (Lipinski definition) is 6. The van der Waals surface area contributed by atoms with Crippen molar-refractivity contribution in [2.24, 2.45) is 0 Å². The maximum atomic E-state index is 12.7. The summed E-state index contributed by atoms with van der Waals surface area (Å²) in [7, 11) is 1.23. The van der Waals surface area contributed by atoms with Gasteiger partial charge < -0.3 is 24.4 Å². The van der Waals surface area contributed by atoms with Crippen molar-refractivity contribution in [3.8, 4) is 11.5 Å². The number of rotatable bonds is 10. The molecule has 2 rings (SSSR count). The van der Waals surface area contributed by atoms with Gasteiger partial charge in [0, 0.05) is 24.3 Å². The average molecular weight is 450 g/mol. The molecule has 0 aliphatic heterocycles. The summed E-state index contributed by atoms with van der Waals surface area (Å²) < 4.78 is 39.6. The molecule has 0 fully saturated rings. The largest absolute Gasteiger partial charge is 0.493 e. The molecule has 0 atom stereocenters. The Morgan fingerprint density at radius 2 is 1.69 bits per heavy atom. The molecular formula is C22H24F2N2O6. The molecule has 0 unspecified atom stereocenters. The number of nitrogens with one attached hydrogen (secondary N) is 1. The first-order valence-corrected chi connectivity index (χ1v) is 9.78. The topological polar surface area (TPSA) is 94.2 Å². The second kappa shape index (κ2) is 11.6. The van der Waals surface area contributed by atoms with Gasteiger partial charge in [-0.05, 0) is 50.2 Å². The van der Waals surface area contributed by atoms with Gasteiger partial charge in [0.15, 0.2) is 18.1 Å². The Kier molecular flexibility index (Phi) is 8.94. The Hall–Kier alpha value is -3.69. The Morgan fingerprint density at radius 1 is 1.03 bits per heavy atom. The van der Waals surface area contributed by atoms with Crippen LogP contribution >= 0.6 is 0 Å². The first-order valence-electron chi connectivity index (χ1n) is 9.78. The number of hydrogen-bond donors (Lipinski definition) is 1. The molecule has 32 heavy (non-hydrogen) atoms. The highest BCUT2D eigenvalue weighted by atomic mass is 19.3. The quantitative estimate of drug-likeness (QED) is 0.556. The van der Waals surface area contributed by atoms with Gasteiger partial charge in [0.25, 0.3) is 11.8 Å². The van der Waals surface area contributed by atoms with Crippen LogP contribution in [0.15, 0.2) is 42.5 Å². The standard InChI is InChI=1S/C22H24F2N2O6/c1-4-26(5-2)20(28)14-9-11-15(12-10-14)25-18(27)13-31-21(29)16-7-6-8-17(30-3)19(16)32-22(23)24/h6-12,22H,4-5,13H2,1-3H3,(H,25,27). The number of nitrogens with zero attached hydrogens (tertiary/aromatic N) is 1. The second-order valence-corrected chi connectivity index (χ2v) is 6.39. The SMILES string of the molecule is CCN(CC)C(=O)c1ccc(NC(=O)COC(=O)c2cccc(OC)c2OC(F)F)cc1. The van der Waals surface area contributed by atoms with Crippen molar-refractivity contribution < 1.29 is 37.4 Å². The molecule has 8 nitrogen and oxygen atoms in total. The molecule has 0 radical (unpaired) electrons. The van der Waals surface area contributed by atoms with Crippen LogP contribution in [0, 0.1) is 0 Å². The molecule has 0 aliphatic rings. The third kappa shape index (κ3) is 6.40. The van der Waals surface area contributed by atoms with Crippen LogP contribution in [-0.4, -0.2) is 56.1 Å². The Morgan fingerprint density at radius 3 is 2.25 bits per heavy atom. The van der Waals surface area contributed by atoms with Crippen LogP contribution in [0.25, 0.3) is 0 Å². The molecule has 2 aromatic carbocycles. The number of anilines is 1. The molecular weight excluding hydrogens is 426 g/mol. The predicted octanol–water partition coefficient (Wildman–Crippen LogP) is 3.57. The van der Waals surface area contributed by atoms with E-state index < -0.39 is 30.8 Å². The Balaban J connectivity index is 1.99. The molecule has 0 saturated heterocycles. The van der Waals surface area contributed by atoms with Crippen LogP contribution < -0.4 is 14.8 Å². The molecule has 10 heteroatoms. The third-order valence-electron chi connectivity index (χ3n) is 4.43. The molecule has 1 N–H and O–H groups in total. The van der Waals surface area contributed by atoms with E-state index in [0.717, 1.165) is 0 Å². The molecule has 0 bridgehead atoms. The zero-order chi connectivity index (χ0) is 23.7. The van der Waals surface area contributed by atoms with Crippen molar-refractivity contribution >= 4 is 23.5 Å². The lowest BCUT2D eigenvalue weighted by atomic mass is 10.1. The summed E-state index contributed by atoms with van der Waals surface area (Å²) in [6, 6.07) is 10.2. The molecule has 0 aliphatic carbocycles. The molecule has 0 spiro atoms. The van der Waals surface area contributed by atoms with E-state index in [4.69, 9.17) is 9.47 Å². The van der Waals surface area contributed by atoms with Crippen LogP contribution in [0.1, 0.15) is 34.6 Å². The summed E-state index contributed by atoms with van der Waals surface area (Å²) in [5.41, 5.74) is 0.560. The predicted molar refractivity (Wildman–Crippen MR) is 112 cm³/mol. The summed E-state index contributed by atoms with van der Waals surface area (Å²) in [6.07, 6.45) is 0. The van der Waals surface area contributed by atoms with Crippen LogP contribution in [0.3, 0.4) is 0 Å². The van der Waals surface area contributed by atoms with E-state index in [0.29, 0.717) is 24.3 Å². The molecule has 0 heterocycles. The van der Waals surface area contributed by atoms with E-state index in [2.05, 4.69) is 10.1 Å². The van der Waals surface area contributed by atoms with Gasteiger partial charge in [0.1, 0.15) is 5.56 Å². The third-order valence-corrected chi connectivity index (χ3v) is 4.43. The number of ether oxygens (including phenoxy) is 3. The van der Waals surface area contributed by atoms with E-state index in [-0.39, 0.29) is 17.2 Å². The lowest BCUT2D eigenvalue weighted by Crippen LogP contribution is -2.30. The number of alkyl halides is 2.